The molecule has 4 aromatic rings. The second-order valence-electron chi connectivity index (χ2n) is 11.6. The van der Waals surface area contributed by atoms with Crippen LogP contribution in [0.5, 0.6) is 0 Å². The Balaban J connectivity index is 1.10. The summed E-state index contributed by atoms with van der Waals surface area (Å²) in [7, 11) is -1.58. The highest BCUT2D eigenvalue weighted by Crippen LogP contribution is 2.36. The van der Waals surface area contributed by atoms with Gasteiger partial charge in [0, 0.05) is 17.1 Å². The monoisotopic (exact) mass is 625 g/mol. The molecule has 1 saturated heterocycles. The maximum atomic E-state index is 13.8. The van der Waals surface area contributed by atoms with E-state index in [1.807, 2.05) is 18.2 Å². The molecule has 0 spiro atoms. The summed E-state index contributed by atoms with van der Waals surface area (Å²) in [6.07, 6.45) is 4.41. The van der Waals surface area contributed by atoms with Gasteiger partial charge in [0.2, 0.25) is 0 Å². The fourth-order valence-corrected chi connectivity index (χ4v) is 7.71. The third-order valence-corrected chi connectivity index (χ3v) is 10.3. The largest absolute Gasteiger partial charge is 0.352 e. The first-order chi connectivity index (χ1) is 21.5. The van der Waals surface area contributed by atoms with Crippen molar-refractivity contribution >= 4 is 39.9 Å². The second-order valence-corrected chi connectivity index (χ2v) is 13.4. The highest BCUT2D eigenvalue weighted by atomic mass is 35.5. The quantitative estimate of drug-likeness (QED) is 0.209. The number of nitrogens with one attached hydrogen (secondary N) is 1. The molecule has 0 bridgehead atoms. The lowest BCUT2D eigenvalue weighted by atomic mass is 9.90. The van der Waals surface area contributed by atoms with Crippen LogP contribution >= 0.6 is 11.6 Å². The van der Waals surface area contributed by atoms with Crippen molar-refractivity contribution in [3.05, 3.63) is 124 Å². The summed E-state index contributed by atoms with van der Waals surface area (Å²) in [6.45, 7) is 3.91. The zero-order valence-electron chi connectivity index (χ0n) is 24.6. The van der Waals surface area contributed by atoms with Gasteiger partial charge in [0.05, 0.1) is 38.4 Å². The minimum absolute atomic E-state index is 0.211. The number of anilines is 1. The highest BCUT2D eigenvalue weighted by Gasteiger charge is 2.31. The maximum Gasteiger partial charge on any atom is 0.259 e. The number of hydrogen-bond acceptors (Lipinski definition) is 4. The molecular weight excluding hydrogens is 590 g/mol. The minimum atomic E-state index is -1.58. The van der Waals surface area contributed by atoms with Gasteiger partial charge in [0.25, 0.3) is 11.8 Å². The number of hydrogen-bond donors (Lipinski definition) is 1. The van der Waals surface area contributed by atoms with Crippen LogP contribution in [0.15, 0.2) is 107 Å². The molecule has 0 aromatic heterocycles. The summed E-state index contributed by atoms with van der Waals surface area (Å²) in [4.78, 5) is 32.1. The summed E-state index contributed by atoms with van der Waals surface area (Å²) in [5.74, 6) is 0.254. The van der Waals surface area contributed by atoms with Crippen LogP contribution in [0.1, 0.15) is 51.1 Å². The molecule has 2 aliphatic rings. The van der Waals surface area contributed by atoms with Gasteiger partial charge >= 0.3 is 0 Å². The second kappa shape index (κ2) is 13.9. The number of piperidine rings is 1. The van der Waals surface area contributed by atoms with E-state index < -0.39 is 10.8 Å². The highest BCUT2D eigenvalue weighted by molar-refractivity contribution is 7.85. The van der Waals surface area contributed by atoms with Crippen molar-refractivity contribution in [3.8, 4) is 0 Å². The van der Waals surface area contributed by atoms with Gasteiger partial charge in [0.15, 0.2) is 0 Å². The first-order valence-electron chi connectivity index (χ1n) is 15.2. The van der Waals surface area contributed by atoms with Crippen LogP contribution in [-0.4, -0.2) is 47.1 Å². The van der Waals surface area contributed by atoms with Crippen molar-refractivity contribution in [2.45, 2.75) is 42.0 Å². The maximum absolute atomic E-state index is 13.8. The molecule has 6 nitrogen and oxygen atoms in total. The van der Waals surface area contributed by atoms with Crippen LogP contribution in [0, 0.1) is 5.92 Å². The first kappa shape index (κ1) is 30.3. The van der Waals surface area contributed by atoms with E-state index in [-0.39, 0.29) is 18.4 Å². The fourth-order valence-electron chi connectivity index (χ4n) is 6.15. The predicted molar refractivity (Wildman–Crippen MR) is 176 cm³/mol. The molecule has 8 heteroatoms. The van der Waals surface area contributed by atoms with Gasteiger partial charge in [0.1, 0.15) is 0 Å². The lowest BCUT2D eigenvalue weighted by Crippen LogP contribution is -2.36. The molecule has 0 unspecified atom stereocenters. The molecule has 44 heavy (non-hydrogen) atoms. The normalized spacial score (nSPS) is 17.1. The summed E-state index contributed by atoms with van der Waals surface area (Å²) in [5, 5.41) is 3.62. The number of halogens is 1. The van der Waals surface area contributed by atoms with Gasteiger partial charge in [-0.3, -0.25) is 9.59 Å². The molecule has 6 rings (SSSR count). The number of carbonyl (C=O) groups excluding carboxylic acids is 2. The third kappa shape index (κ3) is 6.96. The van der Waals surface area contributed by atoms with E-state index in [9.17, 15) is 13.8 Å². The Hall–Kier alpha value is -3.78. The molecule has 4 aromatic carbocycles. The van der Waals surface area contributed by atoms with Gasteiger partial charge < -0.3 is 15.1 Å². The lowest BCUT2D eigenvalue weighted by molar-refractivity contribution is 0.0947. The SMILES string of the molecule is O=C(NCCCN1CCC(Cc2ccccc2)CC1)c1ccc2c(c1)N(Cc1cccc(Cl)c1)C(=O)c1ccccc1[S@]2=O. The molecule has 0 aliphatic carbocycles. The number of nitrogens with zero attached hydrogens (tertiary/aromatic N) is 2. The number of rotatable bonds is 9. The van der Waals surface area contributed by atoms with Gasteiger partial charge in [-0.05, 0) is 105 Å². The Bertz CT molecular complexity index is 1670. The molecule has 1 fully saturated rings. The number of fused-ring (bicyclic) bond motifs is 2. The average Bonchev–Trinajstić information content (AvgIpc) is 3.13. The molecule has 0 radical (unpaired) electrons. The van der Waals surface area contributed by atoms with E-state index in [2.05, 4.69) is 40.5 Å². The number of benzene rings is 4. The smallest absolute Gasteiger partial charge is 0.259 e. The topological polar surface area (TPSA) is 69.7 Å². The van der Waals surface area contributed by atoms with E-state index in [0.717, 1.165) is 44.0 Å². The Labute approximate surface area is 266 Å². The molecule has 0 saturated carbocycles. The Morgan fingerprint density at radius 2 is 1.61 bits per heavy atom. The average molecular weight is 626 g/mol. The first-order valence-corrected chi connectivity index (χ1v) is 16.7. The van der Waals surface area contributed by atoms with E-state index in [4.69, 9.17) is 11.6 Å². The molecule has 2 amide bonds. The van der Waals surface area contributed by atoms with E-state index >= 15 is 0 Å². The standard InChI is InChI=1S/C36H36ClN3O3S/c37-30-11-6-10-28(23-30)25-40-32-24-29(14-15-34(32)44(43)33-13-5-4-12-31(33)36(40)42)35(41)38-18-7-19-39-20-16-27(17-21-39)22-26-8-2-1-3-9-26/h1-6,8-15,23-24,27H,7,16-22,25H2,(H,38,41)/t44-/m1/s1. The molecular formula is C36H36ClN3O3S. The molecule has 2 heterocycles. The van der Waals surface area contributed by atoms with E-state index in [1.165, 1.54) is 18.4 Å². The molecule has 1 N–H and O–H groups in total. The zero-order chi connectivity index (χ0) is 30.5. The summed E-state index contributed by atoms with van der Waals surface area (Å²) >= 11 is 6.24. The van der Waals surface area contributed by atoms with Crippen LogP contribution in [0.2, 0.25) is 5.02 Å². The van der Waals surface area contributed by atoms with Crippen LogP contribution < -0.4 is 10.2 Å². The van der Waals surface area contributed by atoms with E-state index in [0.29, 0.717) is 38.2 Å². The number of carbonyl (C=O) groups is 2. The van der Waals surface area contributed by atoms with Crippen molar-refractivity contribution < 1.29 is 13.8 Å². The summed E-state index contributed by atoms with van der Waals surface area (Å²) in [6, 6.07) is 30.1. The Morgan fingerprint density at radius 3 is 2.41 bits per heavy atom. The molecule has 2 aliphatic heterocycles. The van der Waals surface area contributed by atoms with Crippen molar-refractivity contribution in [2.24, 2.45) is 5.92 Å². The Morgan fingerprint density at radius 1 is 0.864 bits per heavy atom. The van der Waals surface area contributed by atoms with Gasteiger partial charge in [-0.1, -0.05) is 66.2 Å². The van der Waals surface area contributed by atoms with Gasteiger partial charge in [-0.15, -0.1) is 0 Å². The summed E-state index contributed by atoms with van der Waals surface area (Å²) in [5.41, 5.74) is 3.53. The number of amides is 2. The Kier molecular flexibility index (Phi) is 9.55. The van der Waals surface area contributed by atoms with Crippen LogP contribution in [-0.2, 0) is 23.8 Å². The van der Waals surface area contributed by atoms with Crippen LogP contribution in [0.3, 0.4) is 0 Å². The number of likely N-dealkylation sites (tertiary alicyclic amines) is 1. The summed E-state index contributed by atoms with van der Waals surface area (Å²) < 4.78 is 13.7. The van der Waals surface area contributed by atoms with E-state index in [1.54, 1.807) is 53.4 Å². The predicted octanol–water partition coefficient (Wildman–Crippen LogP) is 6.74. The van der Waals surface area contributed by atoms with Crippen molar-refractivity contribution in [1.29, 1.82) is 0 Å². The lowest BCUT2D eigenvalue weighted by Gasteiger charge is -2.32. The fraction of sp³-hybridized carbons (Fsp3) is 0.278. The molecule has 1 atom stereocenters. The van der Waals surface area contributed by atoms with Crippen LogP contribution in [0.25, 0.3) is 0 Å². The molecule has 226 valence electrons. The van der Waals surface area contributed by atoms with Crippen molar-refractivity contribution in [1.82, 2.24) is 10.2 Å². The minimum Gasteiger partial charge on any atom is -0.352 e. The van der Waals surface area contributed by atoms with Crippen molar-refractivity contribution in [2.75, 3.05) is 31.1 Å². The van der Waals surface area contributed by atoms with Gasteiger partial charge in [-0.2, -0.15) is 0 Å². The van der Waals surface area contributed by atoms with Crippen LogP contribution in [0.4, 0.5) is 5.69 Å². The van der Waals surface area contributed by atoms with Gasteiger partial charge in [-0.25, -0.2) is 4.21 Å². The third-order valence-electron chi connectivity index (χ3n) is 8.51. The zero-order valence-corrected chi connectivity index (χ0v) is 26.2. The van der Waals surface area contributed by atoms with Crippen molar-refractivity contribution in [3.63, 3.8) is 0 Å².